The summed E-state index contributed by atoms with van der Waals surface area (Å²) in [7, 11) is 1.13. The second-order valence-electron chi connectivity index (χ2n) is 6.73. The molecule has 2 fully saturated rings. The van der Waals surface area contributed by atoms with Gasteiger partial charge in [0.2, 0.25) is 0 Å². The summed E-state index contributed by atoms with van der Waals surface area (Å²) >= 11 is 5.75. The Morgan fingerprint density at radius 3 is 2.57 bits per heavy atom. The van der Waals surface area contributed by atoms with Crippen LogP contribution in [0.4, 0.5) is 13.2 Å². The number of hydrogen-bond donors (Lipinski definition) is 1. The number of aryl methyl sites for hydroxylation is 1. The lowest BCUT2D eigenvalue weighted by molar-refractivity contribution is -0.143. The summed E-state index contributed by atoms with van der Waals surface area (Å²) in [5.74, 6) is 1.10. The zero-order valence-electron chi connectivity index (χ0n) is 13.0. The van der Waals surface area contributed by atoms with Gasteiger partial charge in [0, 0.05) is 13.1 Å². The normalized spacial score (nSPS) is 28.2. The Hall–Kier alpha value is -1.24. The Kier molecular flexibility index (Phi) is 4.11. The van der Waals surface area contributed by atoms with Gasteiger partial charge in [-0.25, -0.2) is 0 Å². The number of carbonyl (C=O) groups excluding carboxylic acids is 1. The van der Waals surface area contributed by atoms with E-state index in [1.165, 1.54) is 19.3 Å². The van der Waals surface area contributed by atoms with Crippen LogP contribution in [-0.2, 0) is 13.2 Å². The van der Waals surface area contributed by atoms with Crippen LogP contribution in [0.15, 0.2) is 0 Å². The first-order valence-corrected chi connectivity index (χ1v) is 8.16. The number of fused-ring (bicyclic) bond motifs is 2. The number of halogens is 4. The summed E-state index contributed by atoms with van der Waals surface area (Å²) in [6.45, 7) is 1.91. The highest BCUT2D eigenvalue weighted by molar-refractivity contribution is 6.34. The minimum atomic E-state index is -4.65. The summed E-state index contributed by atoms with van der Waals surface area (Å²) < 4.78 is 39.4. The van der Waals surface area contributed by atoms with Crippen molar-refractivity contribution in [2.24, 2.45) is 24.8 Å². The van der Waals surface area contributed by atoms with Gasteiger partial charge in [-0.1, -0.05) is 18.0 Å². The highest BCUT2D eigenvalue weighted by Crippen LogP contribution is 2.49. The molecule has 0 unspecified atom stereocenters. The van der Waals surface area contributed by atoms with Gasteiger partial charge >= 0.3 is 6.18 Å². The van der Waals surface area contributed by atoms with Crippen LogP contribution in [0.1, 0.15) is 48.8 Å². The van der Waals surface area contributed by atoms with Crippen molar-refractivity contribution in [2.75, 3.05) is 0 Å². The largest absolute Gasteiger partial charge is 0.434 e. The molecule has 4 atom stereocenters. The number of rotatable bonds is 3. The van der Waals surface area contributed by atoms with Crippen molar-refractivity contribution in [3.05, 3.63) is 16.4 Å². The van der Waals surface area contributed by atoms with Crippen molar-refractivity contribution in [2.45, 2.75) is 44.8 Å². The summed E-state index contributed by atoms with van der Waals surface area (Å²) in [5.41, 5.74) is -1.46. The Morgan fingerprint density at radius 2 is 2.09 bits per heavy atom. The molecule has 0 aliphatic heterocycles. The molecule has 1 aromatic heterocycles. The van der Waals surface area contributed by atoms with E-state index >= 15 is 0 Å². The Labute approximate surface area is 137 Å². The molecule has 2 aliphatic rings. The molecular weight excluding hydrogens is 331 g/mol. The molecule has 2 aliphatic carbocycles. The third-order valence-electron chi connectivity index (χ3n) is 5.27. The number of hydrogen-bond acceptors (Lipinski definition) is 2. The van der Waals surface area contributed by atoms with E-state index in [-0.39, 0.29) is 11.7 Å². The Morgan fingerprint density at radius 1 is 1.39 bits per heavy atom. The van der Waals surface area contributed by atoms with Crippen molar-refractivity contribution >= 4 is 17.5 Å². The standard InChI is InChI=1S/C15H19ClF3N3O/c1-7(10-6-8-3-4-9(10)5-8)20-14(23)12-11(16)13(15(17,18)19)22(2)21-12/h7-10H,3-6H2,1-2H3,(H,20,23)/t7-,8+,9+,10-/m1/s1. The molecule has 0 radical (unpaired) electrons. The average molecular weight is 350 g/mol. The number of nitrogens with zero attached hydrogens (tertiary/aromatic N) is 2. The van der Waals surface area contributed by atoms with Gasteiger partial charge in [0.05, 0.1) is 0 Å². The molecule has 2 saturated carbocycles. The second-order valence-corrected chi connectivity index (χ2v) is 7.11. The lowest BCUT2D eigenvalue weighted by Crippen LogP contribution is -2.40. The van der Waals surface area contributed by atoms with Crippen molar-refractivity contribution in [3.63, 3.8) is 0 Å². The van der Waals surface area contributed by atoms with Crippen LogP contribution < -0.4 is 5.32 Å². The van der Waals surface area contributed by atoms with Gasteiger partial charge in [-0.3, -0.25) is 9.48 Å². The topological polar surface area (TPSA) is 46.9 Å². The van der Waals surface area contributed by atoms with E-state index in [2.05, 4.69) is 10.4 Å². The van der Waals surface area contributed by atoms with E-state index in [1.807, 2.05) is 6.92 Å². The summed E-state index contributed by atoms with van der Waals surface area (Å²) in [4.78, 5) is 12.3. The molecule has 23 heavy (non-hydrogen) atoms. The number of nitrogens with one attached hydrogen (secondary N) is 1. The van der Waals surface area contributed by atoms with Crippen LogP contribution in [0.25, 0.3) is 0 Å². The van der Waals surface area contributed by atoms with Gasteiger partial charge in [-0.05, 0) is 43.9 Å². The van der Waals surface area contributed by atoms with E-state index in [1.54, 1.807) is 0 Å². The van der Waals surface area contributed by atoms with Crippen LogP contribution in [-0.4, -0.2) is 21.7 Å². The van der Waals surface area contributed by atoms with Gasteiger partial charge in [0.1, 0.15) is 5.02 Å². The quantitative estimate of drug-likeness (QED) is 0.905. The van der Waals surface area contributed by atoms with Gasteiger partial charge < -0.3 is 5.32 Å². The maximum atomic E-state index is 12.9. The number of carbonyl (C=O) groups is 1. The fourth-order valence-electron chi connectivity index (χ4n) is 4.24. The predicted octanol–water partition coefficient (Wildman–Crippen LogP) is 3.65. The molecule has 1 N–H and O–H groups in total. The van der Waals surface area contributed by atoms with Crippen LogP contribution >= 0.6 is 11.6 Å². The highest BCUT2D eigenvalue weighted by atomic mass is 35.5. The fraction of sp³-hybridized carbons (Fsp3) is 0.733. The fourth-order valence-corrected chi connectivity index (χ4v) is 4.59. The third-order valence-corrected chi connectivity index (χ3v) is 5.62. The summed E-state index contributed by atoms with van der Waals surface area (Å²) in [5, 5.41) is 5.81. The summed E-state index contributed by atoms with van der Waals surface area (Å²) in [6.07, 6.45) is 0.0673. The lowest BCUT2D eigenvalue weighted by atomic mass is 9.84. The molecule has 1 amide bonds. The highest BCUT2D eigenvalue weighted by Gasteiger charge is 2.43. The minimum Gasteiger partial charge on any atom is -0.348 e. The van der Waals surface area contributed by atoms with E-state index < -0.39 is 22.8 Å². The van der Waals surface area contributed by atoms with E-state index in [9.17, 15) is 18.0 Å². The van der Waals surface area contributed by atoms with E-state index in [0.29, 0.717) is 16.5 Å². The van der Waals surface area contributed by atoms with Crippen molar-refractivity contribution in [3.8, 4) is 0 Å². The molecule has 2 bridgehead atoms. The average Bonchev–Trinajstić information content (AvgIpc) is 3.11. The molecular formula is C15H19ClF3N3O. The number of amides is 1. The summed E-state index contributed by atoms with van der Waals surface area (Å²) in [6, 6.07) is -0.0924. The monoisotopic (exact) mass is 349 g/mol. The molecule has 128 valence electrons. The van der Waals surface area contributed by atoms with Gasteiger partial charge in [-0.2, -0.15) is 18.3 Å². The lowest BCUT2D eigenvalue weighted by Gasteiger charge is -2.28. The first-order valence-electron chi connectivity index (χ1n) is 7.79. The molecule has 1 heterocycles. The smallest absolute Gasteiger partial charge is 0.348 e. The minimum absolute atomic E-state index is 0.0924. The predicted molar refractivity (Wildman–Crippen MR) is 79.1 cm³/mol. The molecule has 3 rings (SSSR count). The molecule has 8 heteroatoms. The van der Waals surface area contributed by atoms with Crippen LogP contribution in [0.5, 0.6) is 0 Å². The van der Waals surface area contributed by atoms with Crippen molar-refractivity contribution < 1.29 is 18.0 Å². The Bertz CT molecular complexity index is 628. The van der Waals surface area contributed by atoms with Crippen molar-refractivity contribution in [1.82, 2.24) is 15.1 Å². The zero-order chi connectivity index (χ0) is 16.9. The van der Waals surface area contributed by atoms with E-state index in [4.69, 9.17) is 11.6 Å². The first-order chi connectivity index (χ1) is 10.7. The van der Waals surface area contributed by atoms with Crippen LogP contribution in [0.2, 0.25) is 5.02 Å². The second kappa shape index (κ2) is 5.69. The van der Waals surface area contributed by atoms with E-state index in [0.717, 1.165) is 19.4 Å². The van der Waals surface area contributed by atoms with Gasteiger partial charge in [0.25, 0.3) is 5.91 Å². The third kappa shape index (κ3) is 2.95. The maximum absolute atomic E-state index is 12.9. The molecule has 4 nitrogen and oxygen atoms in total. The SMILES string of the molecule is C[C@@H](NC(=O)c1nn(C)c(C(F)(F)F)c1Cl)[C@H]1C[C@H]2CC[C@H]1C2. The zero-order valence-corrected chi connectivity index (χ0v) is 13.7. The van der Waals surface area contributed by atoms with Crippen molar-refractivity contribution in [1.29, 1.82) is 0 Å². The van der Waals surface area contributed by atoms with Gasteiger partial charge in [-0.15, -0.1) is 0 Å². The maximum Gasteiger partial charge on any atom is 0.434 e. The van der Waals surface area contributed by atoms with Gasteiger partial charge in [0.15, 0.2) is 11.4 Å². The molecule has 0 spiro atoms. The number of aromatic nitrogens is 2. The van der Waals surface area contributed by atoms with Crippen LogP contribution in [0, 0.1) is 17.8 Å². The molecule has 1 aromatic rings. The first kappa shape index (κ1) is 16.6. The Balaban J connectivity index is 1.74. The van der Waals surface area contributed by atoms with Crippen LogP contribution in [0.3, 0.4) is 0 Å². The molecule has 0 aromatic carbocycles. The number of alkyl halides is 3. The molecule has 0 saturated heterocycles.